The average Bonchev–Trinajstić information content (AvgIpc) is 2.45. The predicted octanol–water partition coefficient (Wildman–Crippen LogP) is 0.980. The lowest BCUT2D eigenvalue weighted by molar-refractivity contribution is -0.0510. The fourth-order valence-electron chi connectivity index (χ4n) is 2.34. The van der Waals surface area contributed by atoms with Gasteiger partial charge in [0.2, 0.25) is 0 Å². The summed E-state index contributed by atoms with van der Waals surface area (Å²) in [6, 6.07) is 7.45. The minimum atomic E-state index is -0.261. The first-order valence-corrected chi connectivity index (χ1v) is 6.89. The lowest BCUT2D eigenvalue weighted by Crippen LogP contribution is -2.56. The highest BCUT2D eigenvalue weighted by atomic mass is 16.3. The number of aliphatic hydroxyl groups excluding tert-OH is 2. The van der Waals surface area contributed by atoms with Crippen LogP contribution in [0.4, 0.5) is 5.69 Å². The van der Waals surface area contributed by atoms with E-state index in [9.17, 15) is 9.90 Å². The molecule has 0 heterocycles. The van der Waals surface area contributed by atoms with Crippen LogP contribution in [0.5, 0.6) is 0 Å². The molecule has 0 saturated heterocycles. The second-order valence-electron chi connectivity index (χ2n) is 5.83. The molecule has 2 unspecified atom stereocenters. The summed E-state index contributed by atoms with van der Waals surface area (Å²) in [4.78, 5) is 11.7. The molecule has 4 N–H and O–H groups in total. The number of aliphatic hydroxyl groups is 2. The van der Waals surface area contributed by atoms with Crippen molar-refractivity contribution in [2.75, 3.05) is 18.5 Å². The highest BCUT2D eigenvalue weighted by Crippen LogP contribution is 2.42. The molecule has 1 aliphatic rings. The number of nitrogens with one attached hydrogen (secondary N) is 2. The fourth-order valence-corrected chi connectivity index (χ4v) is 2.34. The number of anilines is 1. The molecule has 0 aromatic heterocycles. The van der Waals surface area contributed by atoms with Gasteiger partial charge in [-0.3, -0.25) is 4.79 Å². The molecule has 5 nitrogen and oxygen atoms in total. The first kappa shape index (κ1) is 14.8. The number of hydrogen-bond acceptors (Lipinski definition) is 4. The summed E-state index contributed by atoms with van der Waals surface area (Å²) in [7, 11) is 0. The van der Waals surface area contributed by atoms with E-state index in [-0.39, 0.29) is 36.6 Å². The molecule has 1 aliphatic carbocycles. The Bertz CT molecular complexity index is 471. The molecule has 0 bridgehead atoms. The van der Waals surface area contributed by atoms with E-state index in [4.69, 9.17) is 5.11 Å². The largest absolute Gasteiger partial charge is 0.395 e. The van der Waals surface area contributed by atoms with Gasteiger partial charge in [-0.15, -0.1) is 0 Å². The number of carbonyl (C=O) groups is 1. The number of amides is 1. The van der Waals surface area contributed by atoms with E-state index >= 15 is 0 Å². The molecule has 5 heteroatoms. The Labute approximate surface area is 119 Å². The van der Waals surface area contributed by atoms with Gasteiger partial charge in [0, 0.05) is 29.3 Å². The number of rotatable bonds is 5. The van der Waals surface area contributed by atoms with E-state index in [1.807, 2.05) is 26.0 Å². The van der Waals surface area contributed by atoms with E-state index in [1.165, 1.54) is 0 Å². The van der Waals surface area contributed by atoms with E-state index in [0.717, 1.165) is 12.1 Å². The molecule has 1 amide bonds. The van der Waals surface area contributed by atoms with Gasteiger partial charge in [-0.25, -0.2) is 0 Å². The summed E-state index contributed by atoms with van der Waals surface area (Å²) < 4.78 is 0. The second-order valence-corrected chi connectivity index (χ2v) is 5.83. The van der Waals surface area contributed by atoms with E-state index in [2.05, 4.69) is 10.6 Å². The van der Waals surface area contributed by atoms with Gasteiger partial charge in [0.25, 0.3) is 5.91 Å². The zero-order valence-electron chi connectivity index (χ0n) is 11.9. The second kappa shape index (κ2) is 5.81. The third-order valence-corrected chi connectivity index (χ3v) is 4.10. The van der Waals surface area contributed by atoms with Crippen LogP contribution in [0.1, 0.15) is 30.6 Å². The maximum absolute atomic E-state index is 11.7. The lowest BCUT2D eigenvalue weighted by atomic mass is 9.64. The summed E-state index contributed by atoms with van der Waals surface area (Å²) in [5.41, 5.74) is 1.38. The first-order chi connectivity index (χ1) is 9.45. The maximum atomic E-state index is 11.7. The van der Waals surface area contributed by atoms with Crippen molar-refractivity contribution in [2.24, 2.45) is 5.41 Å². The standard InChI is InChI=1S/C15H22N2O3/c1-15(2)12(9-13(15)19)17-11-5-3-10(4-6-11)14(20)16-7-8-18/h3-6,12-13,17-19H,7-9H2,1-2H3,(H,16,20). The first-order valence-electron chi connectivity index (χ1n) is 6.89. The average molecular weight is 278 g/mol. The Balaban J connectivity index is 1.94. The minimum Gasteiger partial charge on any atom is -0.395 e. The highest BCUT2D eigenvalue weighted by molar-refractivity contribution is 5.94. The molecule has 2 atom stereocenters. The van der Waals surface area contributed by atoms with Crippen LogP contribution in [0.15, 0.2) is 24.3 Å². The van der Waals surface area contributed by atoms with Crippen molar-refractivity contribution in [1.29, 1.82) is 0 Å². The van der Waals surface area contributed by atoms with Gasteiger partial charge in [0.05, 0.1) is 12.7 Å². The molecule has 0 radical (unpaired) electrons. The molecular weight excluding hydrogens is 256 g/mol. The Hall–Kier alpha value is -1.59. The quantitative estimate of drug-likeness (QED) is 0.647. The van der Waals surface area contributed by atoms with Crippen molar-refractivity contribution in [1.82, 2.24) is 5.32 Å². The summed E-state index contributed by atoms with van der Waals surface area (Å²) in [5, 5.41) is 24.4. The Morgan fingerprint density at radius 1 is 1.35 bits per heavy atom. The van der Waals surface area contributed by atoms with Crippen molar-refractivity contribution in [2.45, 2.75) is 32.4 Å². The van der Waals surface area contributed by atoms with Crippen LogP contribution >= 0.6 is 0 Å². The van der Waals surface area contributed by atoms with Gasteiger partial charge < -0.3 is 20.8 Å². The fraction of sp³-hybridized carbons (Fsp3) is 0.533. The van der Waals surface area contributed by atoms with Crippen molar-refractivity contribution in [3.8, 4) is 0 Å². The summed E-state index contributed by atoms with van der Waals surface area (Å²) in [6.07, 6.45) is 0.481. The summed E-state index contributed by atoms with van der Waals surface area (Å²) in [5.74, 6) is -0.190. The minimum absolute atomic E-state index is 0.0650. The molecule has 1 aromatic carbocycles. The normalized spacial score (nSPS) is 23.8. The van der Waals surface area contributed by atoms with Crippen LogP contribution in [-0.2, 0) is 0 Å². The third kappa shape index (κ3) is 2.94. The third-order valence-electron chi connectivity index (χ3n) is 4.10. The van der Waals surface area contributed by atoms with Crippen LogP contribution in [0.3, 0.4) is 0 Å². The van der Waals surface area contributed by atoms with Crippen LogP contribution in [0.2, 0.25) is 0 Å². The SMILES string of the molecule is CC1(C)C(O)CC1Nc1ccc(C(=O)NCCO)cc1. The van der Waals surface area contributed by atoms with Gasteiger partial charge in [-0.05, 0) is 30.7 Å². The van der Waals surface area contributed by atoms with Gasteiger partial charge in [0.15, 0.2) is 0 Å². The van der Waals surface area contributed by atoms with Gasteiger partial charge in [-0.2, -0.15) is 0 Å². The van der Waals surface area contributed by atoms with E-state index in [1.54, 1.807) is 12.1 Å². The van der Waals surface area contributed by atoms with Crippen molar-refractivity contribution in [3.05, 3.63) is 29.8 Å². The highest BCUT2D eigenvalue weighted by Gasteiger charge is 2.47. The molecule has 1 fully saturated rings. The van der Waals surface area contributed by atoms with E-state index in [0.29, 0.717) is 5.56 Å². The lowest BCUT2D eigenvalue weighted by Gasteiger charge is -2.49. The summed E-state index contributed by atoms with van der Waals surface area (Å²) in [6.45, 7) is 4.27. The smallest absolute Gasteiger partial charge is 0.251 e. The Morgan fingerprint density at radius 3 is 2.50 bits per heavy atom. The molecule has 1 aromatic rings. The summed E-state index contributed by atoms with van der Waals surface area (Å²) >= 11 is 0. The molecule has 0 aliphatic heterocycles. The van der Waals surface area contributed by atoms with Gasteiger partial charge in [-0.1, -0.05) is 13.8 Å². The van der Waals surface area contributed by atoms with Crippen LogP contribution in [0.25, 0.3) is 0 Å². The topological polar surface area (TPSA) is 81.6 Å². The zero-order valence-corrected chi connectivity index (χ0v) is 11.9. The molecule has 1 saturated carbocycles. The molecule has 2 rings (SSSR count). The van der Waals surface area contributed by atoms with Crippen molar-refractivity contribution < 1.29 is 15.0 Å². The number of hydrogen-bond donors (Lipinski definition) is 4. The Morgan fingerprint density at radius 2 is 2.00 bits per heavy atom. The molecule has 20 heavy (non-hydrogen) atoms. The van der Waals surface area contributed by atoms with Crippen LogP contribution in [0, 0.1) is 5.41 Å². The molecule has 110 valence electrons. The van der Waals surface area contributed by atoms with Crippen LogP contribution in [-0.4, -0.2) is 41.4 Å². The molecule has 0 spiro atoms. The maximum Gasteiger partial charge on any atom is 0.251 e. The van der Waals surface area contributed by atoms with Crippen molar-refractivity contribution in [3.63, 3.8) is 0 Å². The monoisotopic (exact) mass is 278 g/mol. The van der Waals surface area contributed by atoms with Gasteiger partial charge >= 0.3 is 0 Å². The Kier molecular flexibility index (Phi) is 4.30. The predicted molar refractivity (Wildman–Crippen MR) is 77.7 cm³/mol. The van der Waals surface area contributed by atoms with Gasteiger partial charge in [0.1, 0.15) is 0 Å². The molecular formula is C15H22N2O3. The number of benzene rings is 1. The van der Waals surface area contributed by atoms with Crippen LogP contribution < -0.4 is 10.6 Å². The number of carbonyl (C=O) groups excluding carboxylic acids is 1. The van der Waals surface area contributed by atoms with Crippen molar-refractivity contribution >= 4 is 11.6 Å². The van der Waals surface area contributed by atoms with E-state index < -0.39 is 0 Å². The zero-order chi connectivity index (χ0) is 14.8.